The number of rotatable bonds is 5. The summed E-state index contributed by atoms with van der Waals surface area (Å²) in [5.41, 5.74) is -1.07. The van der Waals surface area contributed by atoms with E-state index in [0.717, 1.165) is 30.6 Å². The molecular formula is C22H27N3O4S. The molecule has 0 aromatic carbocycles. The summed E-state index contributed by atoms with van der Waals surface area (Å²) in [6.07, 6.45) is 8.59. The molecule has 4 heterocycles. The van der Waals surface area contributed by atoms with Gasteiger partial charge in [0.2, 0.25) is 17.7 Å². The minimum atomic E-state index is -1.07. The minimum absolute atomic E-state index is 0.137. The third-order valence-electron chi connectivity index (χ3n) is 7.03. The third kappa shape index (κ3) is 2.92. The summed E-state index contributed by atoms with van der Waals surface area (Å²) in [6.45, 7) is 0.347. The Bertz CT molecular complexity index is 879. The highest BCUT2D eigenvalue weighted by Crippen LogP contribution is 2.55. The van der Waals surface area contributed by atoms with E-state index >= 15 is 0 Å². The number of fused-ring (bicyclic) bond motifs is 1. The first-order valence-corrected chi connectivity index (χ1v) is 11.6. The van der Waals surface area contributed by atoms with Gasteiger partial charge in [-0.1, -0.05) is 37.5 Å². The fraction of sp³-hybridized carbons (Fsp3) is 0.591. The lowest BCUT2D eigenvalue weighted by Crippen LogP contribution is -2.56. The zero-order chi connectivity index (χ0) is 20.9. The fourth-order valence-corrected chi connectivity index (χ4v) is 6.40. The molecule has 4 aliphatic rings. The van der Waals surface area contributed by atoms with Crippen LogP contribution in [0.1, 0.15) is 37.0 Å². The standard InChI is InChI=1S/C22H27N3O4S/c1-23-19(26)16-15-9-10-22(29-15)17(16)21(28)25(12-14-8-5-11-30-14)18(22)20(27)24-13-6-3-2-4-7-13/h5,8-11,13,15-18H,2-4,6-7,12H2,1H3,(H,23,26)(H,24,27)/t15-,16-,17+,18-,22+/m1/s1. The molecular weight excluding hydrogens is 402 g/mol. The molecule has 8 heteroatoms. The van der Waals surface area contributed by atoms with Crippen molar-refractivity contribution in [3.05, 3.63) is 34.5 Å². The smallest absolute Gasteiger partial charge is 0.246 e. The van der Waals surface area contributed by atoms with Gasteiger partial charge < -0.3 is 20.3 Å². The molecule has 3 aliphatic heterocycles. The number of hydrogen-bond acceptors (Lipinski definition) is 5. The Morgan fingerprint density at radius 2 is 2.07 bits per heavy atom. The lowest BCUT2D eigenvalue weighted by atomic mass is 9.74. The van der Waals surface area contributed by atoms with Gasteiger partial charge in [0.05, 0.1) is 24.5 Å². The number of nitrogens with one attached hydrogen (secondary N) is 2. The van der Waals surface area contributed by atoms with E-state index in [9.17, 15) is 14.4 Å². The van der Waals surface area contributed by atoms with E-state index in [1.807, 2.05) is 29.7 Å². The van der Waals surface area contributed by atoms with Crippen LogP contribution in [0, 0.1) is 11.8 Å². The van der Waals surface area contributed by atoms with Crippen LogP contribution < -0.4 is 10.6 Å². The Morgan fingerprint density at radius 3 is 2.77 bits per heavy atom. The summed E-state index contributed by atoms with van der Waals surface area (Å²) in [6, 6.07) is 3.27. The summed E-state index contributed by atoms with van der Waals surface area (Å²) >= 11 is 1.55. The van der Waals surface area contributed by atoms with Gasteiger partial charge in [-0.2, -0.15) is 0 Å². The van der Waals surface area contributed by atoms with Crippen LogP contribution in [0.2, 0.25) is 0 Å². The second-order valence-corrected chi connectivity index (χ2v) is 9.74. The van der Waals surface area contributed by atoms with E-state index in [1.54, 1.807) is 23.3 Å². The van der Waals surface area contributed by atoms with Gasteiger partial charge in [-0.3, -0.25) is 14.4 Å². The largest absolute Gasteiger partial charge is 0.359 e. The first kappa shape index (κ1) is 19.8. The van der Waals surface area contributed by atoms with Crippen molar-refractivity contribution in [1.82, 2.24) is 15.5 Å². The fourth-order valence-electron chi connectivity index (χ4n) is 5.70. The Kier molecular flexibility index (Phi) is 4.94. The predicted molar refractivity (Wildman–Crippen MR) is 111 cm³/mol. The van der Waals surface area contributed by atoms with E-state index in [4.69, 9.17) is 4.74 Å². The van der Waals surface area contributed by atoms with Crippen LogP contribution in [0.5, 0.6) is 0 Å². The highest BCUT2D eigenvalue weighted by Gasteiger charge is 2.72. The van der Waals surface area contributed by atoms with E-state index < -0.39 is 29.6 Å². The molecule has 1 aliphatic carbocycles. The molecule has 2 bridgehead atoms. The lowest BCUT2D eigenvalue weighted by Gasteiger charge is -2.34. The van der Waals surface area contributed by atoms with E-state index in [-0.39, 0.29) is 23.8 Å². The van der Waals surface area contributed by atoms with Gasteiger partial charge in [-0.05, 0) is 24.3 Å². The SMILES string of the molecule is CNC(=O)[C@H]1[C@H]2C(=O)N(Cc3cccs3)[C@H](C(=O)NC3CCCCC3)[C@]23C=C[C@H]1O3. The predicted octanol–water partition coefficient (Wildman–Crippen LogP) is 1.59. The quantitative estimate of drug-likeness (QED) is 0.696. The molecule has 0 unspecified atom stereocenters. The minimum Gasteiger partial charge on any atom is -0.359 e. The van der Waals surface area contributed by atoms with E-state index in [0.29, 0.717) is 6.54 Å². The first-order valence-electron chi connectivity index (χ1n) is 10.8. The van der Waals surface area contributed by atoms with Gasteiger partial charge in [-0.15, -0.1) is 11.3 Å². The first-order chi connectivity index (χ1) is 14.5. The Balaban J connectivity index is 1.49. The van der Waals surface area contributed by atoms with Gasteiger partial charge in [0.1, 0.15) is 11.6 Å². The molecule has 3 amide bonds. The number of amides is 3. The second kappa shape index (κ2) is 7.50. The van der Waals surface area contributed by atoms with Gasteiger partial charge in [0.15, 0.2) is 0 Å². The third-order valence-corrected chi connectivity index (χ3v) is 7.89. The maximum absolute atomic E-state index is 13.6. The Morgan fingerprint density at radius 1 is 1.27 bits per heavy atom. The van der Waals surface area contributed by atoms with Crippen LogP contribution in [0.25, 0.3) is 0 Å². The van der Waals surface area contributed by atoms with Crippen LogP contribution in [-0.4, -0.2) is 53.5 Å². The average molecular weight is 430 g/mol. The van der Waals surface area contributed by atoms with E-state index in [2.05, 4.69) is 10.6 Å². The van der Waals surface area contributed by atoms with Gasteiger partial charge in [-0.25, -0.2) is 0 Å². The molecule has 7 nitrogen and oxygen atoms in total. The van der Waals surface area contributed by atoms with Crippen LogP contribution in [0.15, 0.2) is 29.7 Å². The molecule has 1 aromatic heterocycles. The maximum atomic E-state index is 13.6. The topological polar surface area (TPSA) is 87.7 Å². The molecule has 5 atom stereocenters. The zero-order valence-corrected chi connectivity index (χ0v) is 17.8. The van der Waals surface area contributed by atoms with Crippen LogP contribution in [0.3, 0.4) is 0 Å². The molecule has 3 fully saturated rings. The van der Waals surface area contributed by atoms with Crippen molar-refractivity contribution in [3.8, 4) is 0 Å². The van der Waals surface area contributed by atoms with Crippen molar-refractivity contribution >= 4 is 29.1 Å². The van der Waals surface area contributed by atoms with Crippen molar-refractivity contribution in [2.24, 2.45) is 11.8 Å². The van der Waals surface area contributed by atoms with Crippen LogP contribution in [-0.2, 0) is 25.7 Å². The molecule has 0 radical (unpaired) electrons. The molecule has 1 spiro atoms. The summed E-state index contributed by atoms with van der Waals surface area (Å²) < 4.78 is 6.27. The summed E-state index contributed by atoms with van der Waals surface area (Å²) in [4.78, 5) is 42.4. The number of carbonyl (C=O) groups excluding carboxylic acids is 3. The second-order valence-electron chi connectivity index (χ2n) is 8.70. The van der Waals surface area contributed by atoms with Crippen LogP contribution in [0.4, 0.5) is 0 Å². The molecule has 1 saturated carbocycles. The summed E-state index contributed by atoms with van der Waals surface area (Å²) in [7, 11) is 1.57. The number of nitrogens with zero attached hydrogens (tertiary/aromatic N) is 1. The van der Waals surface area contributed by atoms with E-state index in [1.165, 1.54) is 6.42 Å². The average Bonchev–Trinajstić information content (AvgIpc) is 3.51. The molecule has 2 N–H and O–H groups in total. The molecule has 2 saturated heterocycles. The normalized spacial score (nSPS) is 35.0. The van der Waals surface area contributed by atoms with Crippen molar-refractivity contribution in [2.75, 3.05) is 7.05 Å². The molecule has 1 aromatic rings. The van der Waals surface area contributed by atoms with Crippen molar-refractivity contribution in [2.45, 2.75) is 62.4 Å². The Hall–Kier alpha value is -2.19. The lowest BCUT2D eigenvalue weighted by molar-refractivity contribution is -0.142. The maximum Gasteiger partial charge on any atom is 0.246 e. The number of ether oxygens (including phenoxy) is 1. The summed E-state index contributed by atoms with van der Waals surface area (Å²) in [5, 5.41) is 7.82. The van der Waals surface area contributed by atoms with Crippen LogP contribution >= 0.6 is 11.3 Å². The highest BCUT2D eigenvalue weighted by molar-refractivity contribution is 7.09. The molecule has 5 rings (SSSR count). The Labute approximate surface area is 179 Å². The van der Waals surface area contributed by atoms with Crippen molar-refractivity contribution in [3.63, 3.8) is 0 Å². The summed E-state index contributed by atoms with van der Waals surface area (Å²) in [5.74, 6) is -1.83. The van der Waals surface area contributed by atoms with Gasteiger partial charge >= 0.3 is 0 Å². The van der Waals surface area contributed by atoms with Gasteiger partial charge in [0, 0.05) is 18.0 Å². The zero-order valence-electron chi connectivity index (χ0n) is 17.0. The number of thiophene rings is 1. The van der Waals surface area contributed by atoms with Crippen molar-refractivity contribution < 1.29 is 19.1 Å². The monoisotopic (exact) mass is 429 g/mol. The number of hydrogen-bond donors (Lipinski definition) is 2. The molecule has 30 heavy (non-hydrogen) atoms. The highest BCUT2D eigenvalue weighted by atomic mass is 32.1. The van der Waals surface area contributed by atoms with Gasteiger partial charge in [0.25, 0.3) is 0 Å². The molecule has 160 valence electrons. The van der Waals surface area contributed by atoms with Crippen molar-refractivity contribution in [1.29, 1.82) is 0 Å². The number of carbonyl (C=O) groups is 3. The number of likely N-dealkylation sites (tertiary alicyclic amines) is 1.